The SMILES string of the molecule is CCC(CCCCCCCCCC(OC)(OC)OC)NCCNC(CC)CCCCCCCCCC(OC)(OC)OC. The molecule has 0 radical (unpaired) electrons. The molecule has 0 aliphatic rings. The van der Waals surface area contributed by atoms with Gasteiger partial charge in [0, 0.05) is 80.7 Å². The first-order chi connectivity index (χ1) is 20.4. The average molecular weight is 605 g/mol. The van der Waals surface area contributed by atoms with Gasteiger partial charge in [-0.15, -0.1) is 0 Å². The van der Waals surface area contributed by atoms with E-state index in [0.29, 0.717) is 12.1 Å². The third-order valence-corrected chi connectivity index (χ3v) is 8.91. The van der Waals surface area contributed by atoms with Crippen molar-refractivity contribution in [3.63, 3.8) is 0 Å². The summed E-state index contributed by atoms with van der Waals surface area (Å²) in [6.45, 7) is 6.76. The third kappa shape index (κ3) is 19.9. The van der Waals surface area contributed by atoms with Crippen molar-refractivity contribution in [2.45, 2.75) is 166 Å². The second-order valence-electron chi connectivity index (χ2n) is 11.7. The van der Waals surface area contributed by atoms with E-state index in [1.807, 2.05) is 0 Å². The summed E-state index contributed by atoms with van der Waals surface area (Å²) in [5.41, 5.74) is 0. The van der Waals surface area contributed by atoms with Gasteiger partial charge in [-0.05, 0) is 38.5 Å². The topological polar surface area (TPSA) is 79.4 Å². The molecule has 0 saturated heterocycles. The van der Waals surface area contributed by atoms with E-state index in [4.69, 9.17) is 28.4 Å². The monoisotopic (exact) mass is 605 g/mol. The van der Waals surface area contributed by atoms with Crippen LogP contribution in [0.15, 0.2) is 0 Å². The Morgan fingerprint density at radius 3 is 0.929 bits per heavy atom. The minimum Gasteiger partial charge on any atom is -0.331 e. The van der Waals surface area contributed by atoms with Gasteiger partial charge in [0.1, 0.15) is 0 Å². The highest BCUT2D eigenvalue weighted by Crippen LogP contribution is 2.23. The van der Waals surface area contributed by atoms with E-state index >= 15 is 0 Å². The van der Waals surface area contributed by atoms with Crippen molar-refractivity contribution in [2.24, 2.45) is 0 Å². The zero-order valence-corrected chi connectivity index (χ0v) is 29.2. The lowest BCUT2D eigenvalue weighted by atomic mass is 10.0. The van der Waals surface area contributed by atoms with E-state index in [-0.39, 0.29) is 0 Å². The number of nitrogens with one attached hydrogen (secondary N) is 2. The third-order valence-electron chi connectivity index (χ3n) is 8.91. The van der Waals surface area contributed by atoms with E-state index < -0.39 is 11.9 Å². The molecule has 0 heterocycles. The fourth-order valence-electron chi connectivity index (χ4n) is 5.80. The van der Waals surface area contributed by atoms with Crippen LogP contribution in [-0.4, -0.2) is 79.8 Å². The highest BCUT2D eigenvalue weighted by atomic mass is 16.9. The minimum atomic E-state index is -0.870. The van der Waals surface area contributed by atoms with Gasteiger partial charge in [-0.2, -0.15) is 0 Å². The Morgan fingerprint density at radius 2 is 0.667 bits per heavy atom. The number of hydrogen-bond acceptors (Lipinski definition) is 8. The smallest absolute Gasteiger partial charge is 0.282 e. The summed E-state index contributed by atoms with van der Waals surface area (Å²) < 4.78 is 32.2. The van der Waals surface area contributed by atoms with Crippen molar-refractivity contribution in [1.82, 2.24) is 10.6 Å². The molecular weight excluding hydrogens is 532 g/mol. The van der Waals surface area contributed by atoms with Crippen molar-refractivity contribution < 1.29 is 28.4 Å². The fraction of sp³-hybridized carbons (Fsp3) is 1.00. The number of hydrogen-bond donors (Lipinski definition) is 2. The Morgan fingerprint density at radius 1 is 0.405 bits per heavy atom. The molecular formula is C34H72N2O6. The van der Waals surface area contributed by atoms with Gasteiger partial charge in [-0.1, -0.05) is 90.9 Å². The number of unbranched alkanes of at least 4 members (excludes halogenated alkanes) is 12. The van der Waals surface area contributed by atoms with Crippen LogP contribution in [0.1, 0.15) is 142 Å². The van der Waals surface area contributed by atoms with Crippen LogP contribution in [0.2, 0.25) is 0 Å². The highest BCUT2D eigenvalue weighted by molar-refractivity contribution is 4.69. The van der Waals surface area contributed by atoms with Gasteiger partial charge in [0.25, 0.3) is 11.9 Å². The molecule has 0 aliphatic heterocycles. The zero-order valence-electron chi connectivity index (χ0n) is 29.2. The highest BCUT2D eigenvalue weighted by Gasteiger charge is 2.29. The average Bonchev–Trinajstić information content (AvgIpc) is 3.03. The molecule has 0 fully saturated rings. The molecule has 0 aromatic heterocycles. The minimum absolute atomic E-state index is 0.645. The molecule has 254 valence electrons. The molecule has 0 aromatic carbocycles. The lowest BCUT2D eigenvalue weighted by Crippen LogP contribution is -2.38. The van der Waals surface area contributed by atoms with Gasteiger partial charge in [-0.3, -0.25) is 0 Å². The van der Waals surface area contributed by atoms with Crippen LogP contribution in [0.3, 0.4) is 0 Å². The van der Waals surface area contributed by atoms with Crippen molar-refractivity contribution >= 4 is 0 Å². The predicted molar refractivity (Wildman–Crippen MR) is 175 cm³/mol. The molecule has 0 bridgehead atoms. The normalized spacial score (nSPS) is 14.0. The second-order valence-corrected chi connectivity index (χ2v) is 11.7. The first-order valence-corrected chi connectivity index (χ1v) is 17.2. The van der Waals surface area contributed by atoms with Gasteiger partial charge in [0.05, 0.1) is 0 Å². The van der Waals surface area contributed by atoms with Crippen LogP contribution in [0, 0.1) is 0 Å². The van der Waals surface area contributed by atoms with Gasteiger partial charge in [-0.25, -0.2) is 0 Å². The van der Waals surface area contributed by atoms with Crippen LogP contribution >= 0.6 is 0 Å². The molecule has 8 nitrogen and oxygen atoms in total. The maximum Gasteiger partial charge on any atom is 0.282 e. The lowest BCUT2D eigenvalue weighted by Gasteiger charge is -2.28. The van der Waals surface area contributed by atoms with Crippen LogP contribution in [-0.2, 0) is 28.4 Å². The van der Waals surface area contributed by atoms with Gasteiger partial charge < -0.3 is 39.1 Å². The molecule has 0 aliphatic carbocycles. The Kier molecular flexibility index (Phi) is 28.0. The summed E-state index contributed by atoms with van der Waals surface area (Å²) >= 11 is 0. The van der Waals surface area contributed by atoms with Crippen LogP contribution < -0.4 is 10.6 Å². The lowest BCUT2D eigenvalue weighted by molar-refractivity contribution is -0.355. The van der Waals surface area contributed by atoms with Crippen molar-refractivity contribution in [1.29, 1.82) is 0 Å². The molecule has 8 heteroatoms. The van der Waals surface area contributed by atoms with Crippen LogP contribution in [0.4, 0.5) is 0 Å². The molecule has 0 spiro atoms. The molecule has 0 rings (SSSR count). The molecule has 0 amide bonds. The Labute approximate surface area is 261 Å². The second kappa shape index (κ2) is 28.2. The van der Waals surface area contributed by atoms with E-state index in [0.717, 1.165) is 38.8 Å². The van der Waals surface area contributed by atoms with E-state index in [1.165, 1.54) is 103 Å². The summed E-state index contributed by atoms with van der Waals surface area (Å²) in [6.07, 6.45) is 24.2. The molecule has 2 N–H and O–H groups in total. The van der Waals surface area contributed by atoms with Crippen molar-refractivity contribution in [3.05, 3.63) is 0 Å². The molecule has 2 unspecified atom stereocenters. The summed E-state index contributed by atoms with van der Waals surface area (Å²) in [5.74, 6) is -1.74. The maximum atomic E-state index is 5.37. The van der Waals surface area contributed by atoms with Crippen molar-refractivity contribution in [3.8, 4) is 0 Å². The molecule has 2 atom stereocenters. The first kappa shape index (κ1) is 41.7. The summed E-state index contributed by atoms with van der Waals surface area (Å²) in [6, 6.07) is 1.29. The molecule has 0 aromatic rings. The standard InChI is InChI=1S/C34H72N2O6/c1-9-31(25-21-17-13-11-15-19-23-27-33(37-3,38-4)39-5)35-29-30-36-32(10-2)26-22-18-14-12-16-20-24-28-34(40-6,41-7)42-8/h31-32,35-36H,9-30H2,1-8H3. The number of rotatable bonds is 33. The van der Waals surface area contributed by atoms with Crippen LogP contribution in [0.5, 0.6) is 0 Å². The number of ether oxygens (including phenoxy) is 6. The van der Waals surface area contributed by atoms with E-state index in [1.54, 1.807) is 42.7 Å². The van der Waals surface area contributed by atoms with Crippen molar-refractivity contribution in [2.75, 3.05) is 55.7 Å². The predicted octanol–water partition coefficient (Wildman–Crippen LogP) is 7.93. The molecule has 0 saturated carbocycles. The first-order valence-electron chi connectivity index (χ1n) is 17.2. The van der Waals surface area contributed by atoms with Gasteiger partial charge in [0.15, 0.2) is 0 Å². The number of methoxy groups -OCH3 is 6. The Balaban J connectivity index is 3.73. The Bertz CT molecular complexity index is 496. The maximum absolute atomic E-state index is 5.37. The van der Waals surface area contributed by atoms with Gasteiger partial charge in [0.2, 0.25) is 0 Å². The van der Waals surface area contributed by atoms with Gasteiger partial charge >= 0.3 is 0 Å². The largest absolute Gasteiger partial charge is 0.331 e. The van der Waals surface area contributed by atoms with E-state index in [2.05, 4.69) is 24.5 Å². The molecule has 42 heavy (non-hydrogen) atoms. The summed E-state index contributed by atoms with van der Waals surface area (Å²) in [5, 5.41) is 7.60. The zero-order chi connectivity index (χ0) is 31.4. The Hall–Kier alpha value is -0.320. The van der Waals surface area contributed by atoms with Crippen LogP contribution in [0.25, 0.3) is 0 Å². The fourth-order valence-corrected chi connectivity index (χ4v) is 5.80. The summed E-state index contributed by atoms with van der Waals surface area (Å²) in [4.78, 5) is 0. The van der Waals surface area contributed by atoms with E-state index in [9.17, 15) is 0 Å². The quantitative estimate of drug-likeness (QED) is 0.0578. The summed E-state index contributed by atoms with van der Waals surface area (Å²) in [7, 11) is 9.82.